The number of amides is 1. The van der Waals surface area contributed by atoms with Crippen molar-refractivity contribution >= 4 is 22.4 Å². The highest BCUT2D eigenvalue weighted by atomic mass is 32.1. The molecule has 3 rings (SSSR count). The van der Waals surface area contributed by atoms with Crippen LogP contribution in [0.3, 0.4) is 0 Å². The monoisotopic (exact) mass is 333 g/mol. The molecule has 122 valence electrons. The Morgan fingerprint density at radius 3 is 2.87 bits per heavy atom. The molecule has 0 spiro atoms. The molecular formula is C16H19N3O3S. The molecule has 1 atom stereocenters. The van der Waals surface area contributed by atoms with Gasteiger partial charge >= 0.3 is 0 Å². The number of thiazole rings is 1. The van der Waals surface area contributed by atoms with Gasteiger partial charge in [0.05, 0.1) is 26.0 Å². The molecular weight excluding hydrogens is 314 g/mol. The van der Waals surface area contributed by atoms with E-state index in [4.69, 9.17) is 9.47 Å². The first-order valence-electron chi connectivity index (χ1n) is 7.43. The van der Waals surface area contributed by atoms with Crippen LogP contribution in [0.5, 0.6) is 11.5 Å². The summed E-state index contributed by atoms with van der Waals surface area (Å²) >= 11 is 1.41. The van der Waals surface area contributed by atoms with Crippen molar-refractivity contribution in [2.24, 2.45) is 0 Å². The van der Waals surface area contributed by atoms with Crippen LogP contribution < -0.4 is 20.1 Å². The van der Waals surface area contributed by atoms with Crippen LogP contribution in [0.1, 0.15) is 12.8 Å². The van der Waals surface area contributed by atoms with Crippen molar-refractivity contribution in [2.45, 2.75) is 18.9 Å². The molecule has 1 aliphatic rings. The molecule has 0 saturated carbocycles. The van der Waals surface area contributed by atoms with E-state index in [-0.39, 0.29) is 11.9 Å². The summed E-state index contributed by atoms with van der Waals surface area (Å²) in [5.74, 6) is 1.31. The Morgan fingerprint density at radius 2 is 2.17 bits per heavy atom. The predicted octanol–water partition coefficient (Wildman–Crippen LogP) is 2.52. The van der Waals surface area contributed by atoms with Gasteiger partial charge < -0.3 is 20.1 Å². The molecule has 0 aliphatic carbocycles. The van der Waals surface area contributed by atoms with Crippen LogP contribution in [0.25, 0.3) is 11.3 Å². The number of anilines is 1. The topological polar surface area (TPSA) is 72.5 Å². The van der Waals surface area contributed by atoms with Crippen LogP contribution in [0.15, 0.2) is 23.6 Å². The lowest BCUT2D eigenvalue weighted by molar-refractivity contribution is -0.117. The van der Waals surface area contributed by atoms with Gasteiger partial charge in [0.15, 0.2) is 16.6 Å². The number of rotatable bonds is 5. The minimum atomic E-state index is -0.108. The lowest BCUT2D eigenvalue weighted by Gasteiger charge is -2.09. The Bertz CT molecular complexity index is 696. The number of hydrogen-bond acceptors (Lipinski definition) is 6. The number of benzene rings is 1. The van der Waals surface area contributed by atoms with E-state index in [0.717, 1.165) is 30.6 Å². The summed E-state index contributed by atoms with van der Waals surface area (Å²) < 4.78 is 10.5. The molecule has 2 aromatic rings. The van der Waals surface area contributed by atoms with E-state index in [2.05, 4.69) is 15.6 Å². The molecule has 1 aromatic heterocycles. The first kappa shape index (κ1) is 15.8. The van der Waals surface area contributed by atoms with E-state index in [1.54, 1.807) is 14.2 Å². The average molecular weight is 333 g/mol. The number of nitrogens with zero attached hydrogens (tertiary/aromatic N) is 1. The van der Waals surface area contributed by atoms with Gasteiger partial charge in [0.1, 0.15) is 0 Å². The fraction of sp³-hybridized carbons (Fsp3) is 0.375. The van der Waals surface area contributed by atoms with E-state index in [1.807, 2.05) is 23.6 Å². The molecule has 0 radical (unpaired) electrons. The van der Waals surface area contributed by atoms with Crippen LogP contribution in [0, 0.1) is 0 Å². The summed E-state index contributed by atoms with van der Waals surface area (Å²) in [4.78, 5) is 16.6. The summed E-state index contributed by atoms with van der Waals surface area (Å²) in [6.07, 6.45) is 1.91. The third-order valence-corrected chi connectivity index (χ3v) is 4.55. The van der Waals surface area contributed by atoms with Gasteiger partial charge in [-0.3, -0.25) is 4.79 Å². The smallest absolute Gasteiger partial charge is 0.243 e. The number of hydrogen-bond donors (Lipinski definition) is 2. The Labute approximate surface area is 138 Å². The predicted molar refractivity (Wildman–Crippen MR) is 90.3 cm³/mol. The maximum absolute atomic E-state index is 12.1. The van der Waals surface area contributed by atoms with E-state index < -0.39 is 0 Å². The Kier molecular flexibility index (Phi) is 4.78. The molecule has 1 fully saturated rings. The Morgan fingerprint density at radius 1 is 1.35 bits per heavy atom. The third kappa shape index (κ3) is 3.46. The van der Waals surface area contributed by atoms with Gasteiger partial charge in [0.25, 0.3) is 0 Å². The number of aromatic nitrogens is 1. The molecule has 0 unspecified atom stereocenters. The highest BCUT2D eigenvalue weighted by molar-refractivity contribution is 7.14. The molecule has 23 heavy (non-hydrogen) atoms. The second-order valence-corrected chi connectivity index (χ2v) is 6.10. The molecule has 6 nitrogen and oxygen atoms in total. The van der Waals surface area contributed by atoms with E-state index in [9.17, 15) is 4.79 Å². The first-order valence-corrected chi connectivity index (χ1v) is 8.31. The van der Waals surface area contributed by atoms with Gasteiger partial charge in [-0.15, -0.1) is 11.3 Å². The zero-order valence-corrected chi connectivity index (χ0v) is 13.9. The number of ether oxygens (including phenoxy) is 2. The van der Waals surface area contributed by atoms with Crippen molar-refractivity contribution in [3.63, 3.8) is 0 Å². The minimum Gasteiger partial charge on any atom is -0.493 e. The number of carbonyl (C=O) groups excluding carboxylic acids is 1. The maximum atomic E-state index is 12.1. The average Bonchev–Trinajstić information content (AvgIpc) is 3.25. The van der Waals surface area contributed by atoms with Crippen LogP contribution in [-0.4, -0.2) is 37.7 Å². The van der Waals surface area contributed by atoms with Gasteiger partial charge in [0, 0.05) is 10.9 Å². The van der Waals surface area contributed by atoms with Gasteiger partial charge in [-0.2, -0.15) is 0 Å². The van der Waals surface area contributed by atoms with E-state index in [0.29, 0.717) is 16.6 Å². The summed E-state index contributed by atoms with van der Waals surface area (Å²) in [6, 6.07) is 5.52. The van der Waals surface area contributed by atoms with Crippen LogP contribution in [-0.2, 0) is 4.79 Å². The molecule has 1 aliphatic heterocycles. The summed E-state index contributed by atoms with van der Waals surface area (Å²) in [7, 11) is 3.20. The quantitative estimate of drug-likeness (QED) is 0.880. The second kappa shape index (κ2) is 6.97. The molecule has 7 heteroatoms. The van der Waals surface area contributed by atoms with Crippen molar-refractivity contribution in [2.75, 3.05) is 26.1 Å². The van der Waals surface area contributed by atoms with Gasteiger partial charge in [-0.1, -0.05) is 0 Å². The normalized spacial score (nSPS) is 17.0. The van der Waals surface area contributed by atoms with Crippen LogP contribution in [0.4, 0.5) is 5.13 Å². The maximum Gasteiger partial charge on any atom is 0.243 e. The minimum absolute atomic E-state index is 0.0179. The number of carbonyl (C=O) groups is 1. The lowest BCUT2D eigenvalue weighted by atomic mass is 10.1. The zero-order valence-electron chi connectivity index (χ0n) is 13.1. The standard InChI is InChI=1S/C16H19N3O3S/c1-21-13-6-5-10(8-14(13)22-2)12-9-23-16(18-12)19-15(20)11-4-3-7-17-11/h5-6,8-9,11,17H,3-4,7H2,1-2H3,(H,18,19,20)/t11-/m0/s1. The number of methoxy groups -OCH3 is 2. The molecule has 0 bridgehead atoms. The van der Waals surface area contributed by atoms with Gasteiger partial charge in [0.2, 0.25) is 5.91 Å². The van der Waals surface area contributed by atoms with Crippen molar-refractivity contribution < 1.29 is 14.3 Å². The molecule has 1 aromatic carbocycles. The zero-order chi connectivity index (χ0) is 16.2. The van der Waals surface area contributed by atoms with Crippen molar-refractivity contribution in [1.29, 1.82) is 0 Å². The van der Waals surface area contributed by atoms with E-state index in [1.165, 1.54) is 11.3 Å². The fourth-order valence-electron chi connectivity index (χ4n) is 2.56. The Balaban J connectivity index is 1.75. The largest absolute Gasteiger partial charge is 0.493 e. The van der Waals surface area contributed by atoms with E-state index >= 15 is 0 Å². The molecule has 2 N–H and O–H groups in total. The molecule has 1 amide bonds. The van der Waals surface area contributed by atoms with Gasteiger partial charge in [-0.25, -0.2) is 4.98 Å². The summed E-state index contributed by atoms with van der Waals surface area (Å²) in [5.41, 5.74) is 1.71. The Hall–Kier alpha value is -2.12. The first-order chi connectivity index (χ1) is 11.2. The lowest BCUT2D eigenvalue weighted by Crippen LogP contribution is -2.35. The number of nitrogens with one attached hydrogen (secondary N) is 2. The summed E-state index contributed by atoms with van der Waals surface area (Å²) in [6.45, 7) is 0.896. The highest BCUT2D eigenvalue weighted by Gasteiger charge is 2.22. The van der Waals surface area contributed by atoms with Crippen molar-refractivity contribution in [3.8, 4) is 22.8 Å². The van der Waals surface area contributed by atoms with Gasteiger partial charge in [-0.05, 0) is 37.6 Å². The third-order valence-electron chi connectivity index (χ3n) is 3.79. The highest BCUT2D eigenvalue weighted by Crippen LogP contribution is 2.33. The molecule has 2 heterocycles. The molecule has 1 saturated heterocycles. The van der Waals surface area contributed by atoms with Crippen LogP contribution in [0.2, 0.25) is 0 Å². The second-order valence-electron chi connectivity index (χ2n) is 5.25. The van der Waals surface area contributed by atoms with Crippen LogP contribution >= 0.6 is 11.3 Å². The summed E-state index contributed by atoms with van der Waals surface area (Å²) in [5, 5.41) is 8.57. The van der Waals surface area contributed by atoms with Crippen molar-refractivity contribution in [1.82, 2.24) is 10.3 Å². The SMILES string of the molecule is COc1ccc(-c2csc(NC(=O)[C@@H]3CCCN3)n2)cc1OC. The fourth-order valence-corrected chi connectivity index (χ4v) is 3.28. The van der Waals surface area contributed by atoms with Crippen molar-refractivity contribution in [3.05, 3.63) is 23.6 Å².